The number of sulfonamides is 1. The van der Waals surface area contributed by atoms with Crippen molar-refractivity contribution in [1.29, 1.82) is 0 Å². The van der Waals surface area contributed by atoms with Gasteiger partial charge in [-0.1, -0.05) is 30.3 Å². The Balaban J connectivity index is 1.85. The molecule has 0 unspecified atom stereocenters. The van der Waals surface area contributed by atoms with Crippen molar-refractivity contribution in [2.45, 2.75) is 10.6 Å². The smallest absolute Gasteiger partial charge is 0.269 e. The van der Waals surface area contributed by atoms with Crippen molar-refractivity contribution in [3.05, 3.63) is 65.7 Å². The van der Waals surface area contributed by atoms with Crippen LogP contribution < -0.4 is 15.6 Å². The molecule has 7 nitrogen and oxygen atoms in total. The van der Waals surface area contributed by atoms with Crippen LogP contribution in [0.4, 0.5) is 0 Å². The van der Waals surface area contributed by atoms with Crippen molar-refractivity contribution in [3.8, 4) is 0 Å². The van der Waals surface area contributed by atoms with Gasteiger partial charge in [0.15, 0.2) is 0 Å². The maximum Gasteiger partial charge on any atom is 0.269 e. The number of carbonyl (C=O) groups excluding carboxylic acids is 2. The van der Waals surface area contributed by atoms with Crippen LogP contribution in [0.1, 0.15) is 15.9 Å². The highest BCUT2D eigenvalue weighted by Crippen LogP contribution is 2.11. The minimum atomic E-state index is -3.78. The maximum absolute atomic E-state index is 12.1. The third-order valence-electron chi connectivity index (χ3n) is 3.29. The van der Waals surface area contributed by atoms with E-state index in [2.05, 4.69) is 15.6 Å². The second-order valence-corrected chi connectivity index (χ2v) is 7.91. The molecule has 0 aliphatic heterocycles. The normalized spacial score (nSPS) is 11.0. The highest BCUT2D eigenvalue weighted by Gasteiger charge is 2.15. The quantitative estimate of drug-likeness (QED) is 0.615. The van der Waals surface area contributed by atoms with Crippen LogP contribution >= 0.6 is 11.8 Å². The van der Waals surface area contributed by atoms with Gasteiger partial charge in [0.1, 0.15) is 0 Å². The molecular formula is C17H19N3O4S2. The van der Waals surface area contributed by atoms with E-state index in [0.717, 1.165) is 11.3 Å². The highest BCUT2D eigenvalue weighted by atomic mass is 32.2. The minimum Gasteiger partial charge on any atom is -0.272 e. The molecule has 0 atom stereocenters. The van der Waals surface area contributed by atoms with E-state index in [1.54, 1.807) is 48.2 Å². The largest absolute Gasteiger partial charge is 0.272 e. The predicted octanol–water partition coefficient (Wildman–Crippen LogP) is 1.29. The molecule has 2 rings (SSSR count). The Morgan fingerprint density at radius 1 is 1.00 bits per heavy atom. The van der Waals surface area contributed by atoms with Crippen LogP contribution in [0.2, 0.25) is 0 Å². The molecule has 0 saturated carbocycles. The molecule has 2 aromatic carbocycles. The Morgan fingerprint density at radius 2 is 1.73 bits per heavy atom. The third kappa shape index (κ3) is 5.87. The zero-order valence-corrected chi connectivity index (χ0v) is 15.7. The molecule has 0 saturated heterocycles. The lowest BCUT2D eigenvalue weighted by Crippen LogP contribution is -2.46. The van der Waals surface area contributed by atoms with Gasteiger partial charge in [-0.2, -0.15) is 11.8 Å². The summed E-state index contributed by atoms with van der Waals surface area (Å²) in [6.45, 7) is -0.496. The average Bonchev–Trinajstić information content (AvgIpc) is 2.66. The number of carbonyl (C=O) groups is 2. The molecule has 0 radical (unpaired) electrons. The number of thioether (sulfide) groups is 1. The number of benzene rings is 2. The summed E-state index contributed by atoms with van der Waals surface area (Å²) in [6.07, 6.45) is 1.96. The fraction of sp³-hybridized carbons (Fsp3) is 0.176. The molecule has 0 aromatic heterocycles. The summed E-state index contributed by atoms with van der Waals surface area (Å²) < 4.78 is 26.2. The van der Waals surface area contributed by atoms with Crippen molar-refractivity contribution < 1.29 is 18.0 Å². The van der Waals surface area contributed by atoms with Gasteiger partial charge in [-0.05, 0) is 36.1 Å². The molecule has 3 N–H and O–H groups in total. The van der Waals surface area contributed by atoms with Gasteiger partial charge in [-0.3, -0.25) is 20.4 Å². The lowest BCUT2D eigenvalue weighted by atomic mass is 10.1. The molecule has 2 amide bonds. The van der Waals surface area contributed by atoms with Crippen LogP contribution in [0, 0.1) is 0 Å². The Bertz CT molecular complexity index is 871. The van der Waals surface area contributed by atoms with Gasteiger partial charge in [0.2, 0.25) is 10.0 Å². The molecule has 26 heavy (non-hydrogen) atoms. The zero-order chi connectivity index (χ0) is 19.0. The van der Waals surface area contributed by atoms with E-state index in [0.29, 0.717) is 5.56 Å². The van der Waals surface area contributed by atoms with Crippen molar-refractivity contribution in [2.24, 2.45) is 0 Å². The Hall–Kier alpha value is -2.36. The van der Waals surface area contributed by atoms with E-state index < -0.39 is 28.4 Å². The van der Waals surface area contributed by atoms with Gasteiger partial charge in [0.25, 0.3) is 11.8 Å². The highest BCUT2D eigenvalue weighted by molar-refractivity contribution is 7.97. The number of nitrogens with one attached hydrogen (secondary N) is 3. The number of rotatable bonds is 7. The maximum atomic E-state index is 12.1. The molecule has 2 aromatic rings. The van der Waals surface area contributed by atoms with E-state index in [-0.39, 0.29) is 4.90 Å². The summed E-state index contributed by atoms with van der Waals surface area (Å²) >= 11 is 1.63. The summed E-state index contributed by atoms with van der Waals surface area (Å²) in [5.74, 6) is -0.389. The molecule has 0 spiro atoms. The van der Waals surface area contributed by atoms with Crippen molar-refractivity contribution in [2.75, 3.05) is 12.8 Å². The second-order valence-electron chi connectivity index (χ2n) is 5.27. The lowest BCUT2D eigenvalue weighted by Gasteiger charge is -2.09. The summed E-state index contributed by atoms with van der Waals surface area (Å²) in [6, 6.07) is 14.7. The first-order chi connectivity index (χ1) is 12.4. The Labute approximate surface area is 156 Å². The van der Waals surface area contributed by atoms with Crippen molar-refractivity contribution in [3.63, 3.8) is 0 Å². The van der Waals surface area contributed by atoms with Crippen LogP contribution in [0.25, 0.3) is 0 Å². The van der Waals surface area contributed by atoms with Crippen molar-refractivity contribution >= 4 is 33.6 Å². The van der Waals surface area contributed by atoms with Crippen LogP contribution in [0.5, 0.6) is 0 Å². The van der Waals surface area contributed by atoms with Gasteiger partial charge in [0.05, 0.1) is 11.4 Å². The van der Waals surface area contributed by atoms with E-state index >= 15 is 0 Å². The standard InChI is InChI=1S/C17H19N3O4S2/c1-25-12-13-6-5-7-14(10-13)17(22)20-19-16(21)11-18-26(23,24)15-8-3-2-4-9-15/h2-10,18H,11-12H2,1H3,(H,19,21)(H,20,22). The van der Waals surface area contributed by atoms with E-state index in [9.17, 15) is 18.0 Å². The van der Waals surface area contributed by atoms with Gasteiger partial charge >= 0.3 is 0 Å². The fourth-order valence-electron chi connectivity index (χ4n) is 2.06. The van der Waals surface area contributed by atoms with Crippen LogP contribution in [0.3, 0.4) is 0 Å². The first kappa shape index (κ1) is 20.0. The third-order valence-corrected chi connectivity index (χ3v) is 5.33. The minimum absolute atomic E-state index is 0.0578. The number of amides is 2. The Kier molecular flexibility index (Phi) is 7.19. The first-order valence-corrected chi connectivity index (χ1v) is 10.5. The molecule has 0 bridgehead atoms. The number of hydrazine groups is 1. The van der Waals surface area contributed by atoms with Gasteiger partial charge in [0, 0.05) is 11.3 Å². The molecule has 138 valence electrons. The first-order valence-electron chi connectivity index (χ1n) is 7.64. The van der Waals surface area contributed by atoms with Gasteiger partial charge in [-0.15, -0.1) is 0 Å². The molecule has 0 aliphatic rings. The predicted molar refractivity (Wildman–Crippen MR) is 101 cm³/mol. The molecular weight excluding hydrogens is 374 g/mol. The fourth-order valence-corrected chi connectivity index (χ4v) is 3.57. The summed E-state index contributed by atoms with van der Waals surface area (Å²) in [5, 5.41) is 0. The SMILES string of the molecule is CSCc1cccc(C(=O)NNC(=O)CNS(=O)(=O)c2ccccc2)c1. The van der Waals surface area contributed by atoms with Crippen LogP contribution in [-0.2, 0) is 20.6 Å². The van der Waals surface area contributed by atoms with Crippen LogP contribution in [0.15, 0.2) is 59.5 Å². The summed E-state index contributed by atoms with van der Waals surface area (Å²) in [5.41, 5.74) is 5.85. The zero-order valence-electron chi connectivity index (χ0n) is 14.1. The summed E-state index contributed by atoms with van der Waals surface area (Å²) in [4.78, 5) is 23.9. The van der Waals surface area contributed by atoms with Crippen molar-refractivity contribution in [1.82, 2.24) is 15.6 Å². The van der Waals surface area contributed by atoms with E-state index in [4.69, 9.17) is 0 Å². The second kappa shape index (κ2) is 9.37. The monoisotopic (exact) mass is 393 g/mol. The van der Waals surface area contributed by atoms with Gasteiger partial charge in [-0.25, -0.2) is 13.1 Å². The Morgan fingerprint density at radius 3 is 2.42 bits per heavy atom. The number of hydrogen-bond acceptors (Lipinski definition) is 5. The van der Waals surface area contributed by atoms with Gasteiger partial charge < -0.3 is 0 Å². The van der Waals surface area contributed by atoms with E-state index in [1.807, 2.05) is 12.3 Å². The topological polar surface area (TPSA) is 104 Å². The molecule has 0 heterocycles. The van der Waals surface area contributed by atoms with Crippen LogP contribution in [-0.4, -0.2) is 33.0 Å². The molecule has 0 fully saturated rings. The average molecular weight is 393 g/mol. The van der Waals surface area contributed by atoms with E-state index in [1.165, 1.54) is 12.1 Å². The number of hydrogen-bond donors (Lipinski definition) is 3. The molecule has 9 heteroatoms. The lowest BCUT2D eigenvalue weighted by molar-refractivity contribution is -0.120. The molecule has 0 aliphatic carbocycles. The summed E-state index contributed by atoms with van der Waals surface area (Å²) in [7, 11) is -3.78.